The Kier molecular flexibility index (Phi) is 3.78. The van der Waals surface area contributed by atoms with Crippen molar-refractivity contribution in [2.24, 2.45) is 5.92 Å². The highest BCUT2D eigenvalue weighted by atomic mass is 79.9. The third-order valence-corrected chi connectivity index (χ3v) is 5.29. The first-order valence-corrected chi connectivity index (χ1v) is 7.80. The molecule has 1 aromatic rings. The van der Waals surface area contributed by atoms with Gasteiger partial charge in [-0.15, -0.1) is 0 Å². The molecule has 0 amide bonds. The van der Waals surface area contributed by atoms with E-state index in [-0.39, 0.29) is 5.41 Å². The molecule has 96 valence electrons. The molecule has 17 heavy (non-hydrogen) atoms. The lowest BCUT2D eigenvalue weighted by Gasteiger charge is -2.33. The summed E-state index contributed by atoms with van der Waals surface area (Å²) in [5.41, 5.74) is 0.0497. The van der Waals surface area contributed by atoms with Gasteiger partial charge in [-0.1, -0.05) is 43.6 Å². The van der Waals surface area contributed by atoms with E-state index >= 15 is 0 Å². The van der Waals surface area contributed by atoms with E-state index in [9.17, 15) is 0 Å². The smallest absolute Gasteiger partial charge is 0.205 e. The molecule has 0 saturated carbocycles. The maximum Gasteiger partial charge on any atom is 0.205 e. The zero-order valence-electron chi connectivity index (χ0n) is 10.9. The maximum atomic E-state index is 4.68. The van der Waals surface area contributed by atoms with Crippen molar-refractivity contribution in [1.82, 2.24) is 9.36 Å². The van der Waals surface area contributed by atoms with E-state index in [1.54, 1.807) is 0 Å². The zero-order chi connectivity index (χ0) is 12.6. The molecule has 0 spiro atoms. The summed E-state index contributed by atoms with van der Waals surface area (Å²) in [4.78, 5) is 7.70. The normalized spacial score (nSPS) is 26.3. The second kappa shape index (κ2) is 4.84. The number of hydrogen-bond donors (Lipinski definition) is 0. The molecule has 1 aromatic heterocycles. The summed E-state index contributed by atoms with van der Waals surface area (Å²) in [6, 6.07) is 0. The van der Waals surface area contributed by atoms with Crippen molar-refractivity contribution in [3.8, 4) is 0 Å². The van der Waals surface area contributed by atoms with Crippen LogP contribution in [0.4, 0.5) is 5.13 Å². The molecule has 0 aromatic carbocycles. The van der Waals surface area contributed by atoms with Gasteiger partial charge in [-0.2, -0.15) is 4.37 Å². The minimum atomic E-state index is 0.0497. The molecule has 1 aliphatic heterocycles. The van der Waals surface area contributed by atoms with Crippen molar-refractivity contribution < 1.29 is 0 Å². The number of halogens is 1. The van der Waals surface area contributed by atoms with E-state index in [0.717, 1.165) is 24.0 Å². The summed E-state index contributed by atoms with van der Waals surface area (Å²) in [5, 5.41) is 1.08. The van der Waals surface area contributed by atoms with Crippen molar-refractivity contribution in [3.63, 3.8) is 0 Å². The van der Waals surface area contributed by atoms with Gasteiger partial charge >= 0.3 is 0 Å². The van der Waals surface area contributed by atoms with Crippen LogP contribution in [0.1, 0.15) is 39.9 Å². The minimum absolute atomic E-state index is 0.0497. The summed E-state index contributed by atoms with van der Waals surface area (Å²) in [5.74, 6) is 1.64. The largest absolute Gasteiger partial charge is 0.347 e. The minimum Gasteiger partial charge on any atom is -0.347 e. The van der Waals surface area contributed by atoms with E-state index in [0.29, 0.717) is 10.7 Å². The van der Waals surface area contributed by atoms with Crippen LogP contribution in [-0.2, 0) is 5.41 Å². The third-order valence-electron chi connectivity index (χ3n) is 3.16. The van der Waals surface area contributed by atoms with Crippen LogP contribution < -0.4 is 4.90 Å². The lowest BCUT2D eigenvalue weighted by Crippen LogP contribution is -2.39. The topological polar surface area (TPSA) is 29.0 Å². The summed E-state index contributed by atoms with van der Waals surface area (Å²) in [6.07, 6.45) is 1.19. The molecular weight excluding hydrogens is 298 g/mol. The summed E-state index contributed by atoms with van der Waals surface area (Å²) >= 11 is 5.27. The fourth-order valence-electron chi connectivity index (χ4n) is 1.94. The van der Waals surface area contributed by atoms with Gasteiger partial charge in [0.1, 0.15) is 5.82 Å². The number of hydrogen-bond acceptors (Lipinski definition) is 4. The molecule has 0 radical (unpaired) electrons. The Morgan fingerprint density at radius 1 is 1.41 bits per heavy atom. The zero-order valence-corrected chi connectivity index (χ0v) is 13.3. The Balaban J connectivity index is 2.11. The first kappa shape index (κ1) is 13.3. The van der Waals surface area contributed by atoms with Gasteiger partial charge in [-0.05, 0) is 12.3 Å². The summed E-state index contributed by atoms with van der Waals surface area (Å²) < 4.78 is 4.48. The van der Waals surface area contributed by atoms with Crippen LogP contribution in [0.5, 0.6) is 0 Å². The number of aromatic nitrogens is 2. The van der Waals surface area contributed by atoms with Gasteiger partial charge in [0.15, 0.2) is 0 Å². The molecule has 2 unspecified atom stereocenters. The van der Waals surface area contributed by atoms with E-state index in [1.807, 2.05) is 0 Å². The average molecular weight is 318 g/mol. The van der Waals surface area contributed by atoms with Crippen molar-refractivity contribution in [3.05, 3.63) is 5.82 Å². The standard InChI is InChI=1S/C12H20BrN3S/c1-8-7-16(6-5-9(8)13)11-14-10(15-17-11)12(2,3)4/h8-9H,5-7H2,1-4H3. The fourth-order valence-corrected chi connectivity index (χ4v) is 3.20. The molecule has 0 aliphatic carbocycles. The van der Waals surface area contributed by atoms with Gasteiger partial charge in [-0.3, -0.25) is 0 Å². The summed E-state index contributed by atoms with van der Waals surface area (Å²) in [6.45, 7) is 10.9. The highest BCUT2D eigenvalue weighted by molar-refractivity contribution is 9.09. The van der Waals surface area contributed by atoms with Crippen molar-refractivity contribution in [1.29, 1.82) is 0 Å². The molecule has 5 heteroatoms. The van der Waals surface area contributed by atoms with E-state index in [4.69, 9.17) is 0 Å². The van der Waals surface area contributed by atoms with Crippen LogP contribution in [0.25, 0.3) is 0 Å². The first-order valence-electron chi connectivity index (χ1n) is 6.11. The van der Waals surface area contributed by atoms with Crippen molar-refractivity contribution >= 4 is 32.6 Å². The van der Waals surface area contributed by atoms with Crippen LogP contribution >= 0.6 is 27.5 Å². The lowest BCUT2D eigenvalue weighted by atomic mass is 9.96. The van der Waals surface area contributed by atoms with Crippen LogP contribution in [0.2, 0.25) is 0 Å². The number of nitrogens with zero attached hydrogens (tertiary/aromatic N) is 3. The Hall–Kier alpha value is -0.160. The summed E-state index contributed by atoms with van der Waals surface area (Å²) in [7, 11) is 0. The Morgan fingerprint density at radius 3 is 2.65 bits per heavy atom. The van der Waals surface area contributed by atoms with Crippen molar-refractivity contribution in [2.75, 3.05) is 18.0 Å². The molecule has 2 rings (SSSR count). The van der Waals surface area contributed by atoms with Gasteiger partial charge in [0, 0.05) is 34.9 Å². The predicted octanol–water partition coefficient (Wildman–Crippen LogP) is 3.45. The van der Waals surface area contributed by atoms with Crippen molar-refractivity contribution in [2.45, 2.75) is 44.4 Å². The molecule has 3 nitrogen and oxygen atoms in total. The lowest BCUT2D eigenvalue weighted by molar-refractivity contribution is 0.464. The molecule has 2 heterocycles. The second-order valence-corrected chi connectivity index (χ2v) is 7.78. The third kappa shape index (κ3) is 2.99. The van der Waals surface area contributed by atoms with E-state index in [1.165, 1.54) is 18.0 Å². The molecule has 1 saturated heterocycles. The SMILES string of the molecule is CC1CN(c2nc(C(C)(C)C)ns2)CCC1Br. The Morgan fingerprint density at radius 2 is 2.12 bits per heavy atom. The highest BCUT2D eigenvalue weighted by Gasteiger charge is 2.27. The maximum absolute atomic E-state index is 4.68. The van der Waals surface area contributed by atoms with Crippen LogP contribution in [-0.4, -0.2) is 27.3 Å². The molecule has 1 fully saturated rings. The first-order chi connectivity index (χ1) is 7.88. The number of rotatable bonds is 1. The Bertz CT molecular complexity index is 385. The number of alkyl halides is 1. The average Bonchev–Trinajstić information content (AvgIpc) is 2.70. The van der Waals surface area contributed by atoms with Gasteiger partial charge in [0.05, 0.1) is 0 Å². The van der Waals surface area contributed by atoms with Crippen LogP contribution in [0.3, 0.4) is 0 Å². The molecule has 1 aliphatic rings. The quantitative estimate of drug-likeness (QED) is 0.743. The molecule has 2 atom stereocenters. The Labute approximate surface area is 116 Å². The van der Waals surface area contributed by atoms with Crippen LogP contribution in [0.15, 0.2) is 0 Å². The fraction of sp³-hybridized carbons (Fsp3) is 0.833. The molecular formula is C12H20BrN3S. The number of anilines is 1. The molecule has 0 bridgehead atoms. The predicted molar refractivity (Wildman–Crippen MR) is 77.3 cm³/mol. The highest BCUT2D eigenvalue weighted by Crippen LogP contribution is 2.30. The van der Waals surface area contributed by atoms with Gasteiger partial charge in [0.2, 0.25) is 5.13 Å². The van der Waals surface area contributed by atoms with E-state index < -0.39 is 0 Å². The molecule has 0 N–H and O–H groups in total. The second-order valence-electron chi connectivity index (χ2n) is 5.88. The van der Waals surface area contributed by atoms with Crippen LogP contribution in [0, 0.1) is 5.92 Å². The monoisotopic (exact) mass is 317 g/mol. The van der Waals surface area contributed by atoms with Gasteiger partial charge in [0.25, 0.3) is 0 Å². The number of piperidine rings is 1. The van der Waals surface area contributed by atoms with Gasteiger partial charge < -0.3 is 4.90 Å². The van der Waals surface area contributed by atoms with Gasteiger partial charge in [-0.25, -0.2) is 4.98 Å². The van der Waals surface area contributed by atoms with E-state index in [2.05, 4.69) is 57.9 Å².